The molecule has 0 amide bonds. The molecule has 0 bridgehead atoms. The molecular weight excluding hydrogens is 331 g/mol. The van der Waals surface area contributed by atoms with Crippen LogP contribution in [0.1, 0.15) is 11.1 Å². The predicted molar refractivity (Wildman–Crippen MR) is 88.4 cm³/mol. The van der Waals surface area contributed by atoms with Gasteiger partial charge in [0, 0.05) is 24.1 Å². The second-order valence-electron chi connectivity index (χ2n) is 4.75. The van der Waals surface area contributed by atoms with Crippen molar-refractivity contribution in [3.8, 4) is 6.07 Å². The van der Waals surface area contributed by atoms with Gasteiger partial charge in [0.1, 0.15) is 5.82 Å². The molecule has 4 heteroatoms. The lowest BCUT2D eigenvalue weighted by atomic mass is 10.0. The van der Waals surface area contributed by atoms with Gasteiger partial charge in [-0.05, 0) is 45.8 Å². The van der Waals surface area contributed by atoms with E-state index in [9.17, 15) is 9.65 Å². The molecule has 0 spiro atoms. The van der Waals surface area contributed by atoms with E-state index in [0.29, 0.717) is 11.1 Å². The van der Waals surface area contributed by atoms with Crippen LogP contribution >= 0.6 is 15.9 Å². The normalized spacial score (nSPS) is 11.1. The van der Waals surface area contributed by atoms with Gasteiger partial charge in [-0.25, -0.2) is 4.39 Å². The first-order valence-electron chi connectivity index (χ1n) is 6.36. The molecule has 2 nitrogen and oxygen atoms in total. The third kappa shape index (κ3) is 3.50. The van der Waals surface area contributed by atoms with Crippen molar-refractivity contribution in [3.05, 3.63) is 63.9 Å². The maximum Gasteiger partial charge on any atom is 0.131 e. The van der Waals surface area contributed by atoms with Crippen LogP contribution in [0.3, 0.4) is 0 Å². The van der Waals surface area contributed by atoms with Crippen LogP contribution in [0.4, 0.5) is 10.1 Å². The highest BCUT2D eigenvalue weighted by molar-refractivity contribution is 9.10. The summed E-state index contributed by atoms with van der Waals surface area (Å²) in [5, 5.41) is 9.27. The van der Waals surface area contributed by atoms with Gasteiger partial charge >= 0.3 is 0 Å². The zero-order chi connectivity index (χ0) is 15.4. The van der Waals surface area contributed by atoms with Crippen molar-refractivity contribution in [2.75, 3.05) is 19.0 Å². The fraction of sp³-hybridized carbons (Fsp3) is 0.118. The summed E-state index contributed by atoms with van der Waals surface area (Å²) in [6.07, 6.45) is 1.68. The number of rotatable bonds is 3. The summed E-state index contributed by atoms with van der Waals surface area (Å²) in [7, 11) is 3.91. The highest BCUT2D eigenvalue weighted by Gasteiger charge is 2.08. The molecule has 0 fully saturated rings. The van der Waals surface area contributed by atoms with Crippen molar-refractivity contribution in [2.45, 2.75) is 0 Å². The lowest BCUT2D eigenvalue weighted by Crippen LogP contribution is -2.09. The first kappa shape index (κ1) is 15.3. The second kappa shape index (κ2) is 6.55. The summed E-state index contributed by atoms with van der Waals surface area (Å²) in [6.45, 7) is 0. The summed E-state index contributed by atoms with van der Waals surface area (Å²) in [5.41, 5.74) is 2.49. The maximum absolute atomic E-state index is 13.8. The monoisotopic (exact) mass is 344 g/mol. The third-order valence-electron chi connectivity index (χ3n) is 3.05. The molecule has 2 aromatic carbocycles. The SMILES string of the molecule is CN(C)c1ccc(/C=C(/C#N)c2ccccc2F)cc1Br. The number of halogens is 2. The first-order chi connectivity index (χ1) is 10.0. The fourth-order valence-corrected chi connectivity index (χ4v) is 2.74. The molecule has 2 rings (SSSR count). The van der Waals surface area contributed by atoms with Crippen molar-refractivity contribution < 1.29 is 4.39 Å². The van der Waals surface area contributed by atoms with Gasteiger partial charge in [0.2, 0.25) is 0 Å². The van der Waals surface area contributed by atoms with Crippen LogP contribution in [-0.4, -0.2) is 14.1 Å². The molecule has 2 aromatic rings. The Bertz CT molecular complexity index is 730. The lowest BCUT2D eigenvalue weighted by molar-refractivity contribution is 0.624. The van der Waals surface area contributed by atoms with Gasteiger partial charge < -0.3 is 4.90 Å². The van der Waals surface area contributed by atoms with Crippen LogP contribution in [0.15, 0.2) is 46.9 Å². The molecule has 0 radical (unpaired) electrons. The van der Waals surface area contributed by atoms with Crippen molar-refractivity contribution >= 4 is 33.3 Å². The van der Waals surface area contributed by atoms with Gasteiger partial charge in [0.15, 0.2) is 0 Å². The summed E-state index contributed by atoms with van der Waals surface area (Å²) < 4.78 is 14.7. The molecule has 0 aliphatic carbocycles. The molecule has 0 aliphatic rings. The quantitative estimate of drug-likeness (QED) is 0.595. The number of hydrogen-bond donors (Lipinski definition) is 0. The standard InChI is InChI=1S/C17H14BrFN2/c1-21(2)17-8-7-12(10-15(17)18)9-13(11-20)14-5-3-4-6-16(14)19/h3-10H,1-2H3/b13-9-. The average molecular weight is 345 g/mol. The second-order valence-corrected chi connectivity index (χ2v) is 5.61. The van der Waals surface area contributed by atoms with Crippen LogP contribution in [0.25, 0.3) is 11.6 Å². The van der Waals surface area contributed by atoms with E-state index in [1.807, 2.05) is 37.2 Å². The average Bonchev–Trinajstić information content (AvgIpc) is 2.45. The van der Waals surface area contributed by atoms with Crippen LogP contribution in [0, 0.1) is 17.1 Å². The van der Waals surface area contributed by atoms with Crippen molar-refractivity contribution in [1.82, 2.24) is 0 Å². The molecule has 21 heavy (non-hydrogen) atoms. The van der Waals surface area contributed by atoms with Crippen LogP contribution in [-0.2, 0) is 0 Å². The molecule has 0 atom stereocenters. The zero-order valence-corrected chi connectivity index (χ0v) is 13.4. The predicted octanol–water partition coefficient (Wildman–Crippen LogP) is 4.72. The van der Waals surface area contributed by atoms with E-state index in [4.69, 9.17) is 0 Å². The number of benzene rings is 2. The molecule has 0 unspecified atom stereocenters. The van der Waals surface area contributed by atoms with Crippen molar-refractivity contribution in [3.63, 3.8) is 0 Å². The van der Waals surface area contributed by atoms with E-state index >= 15 is 0 Å². The Labute approximate surface area is 132 Å². The molecule has 0 N–H and O–H groups in total. The molecule has 106 valence electrons. The van der Waals surface area contributed by atoms with E-state index in [0.717, 1.165) is 15.7 Å². The summed E-state index contributed by atoms with van der Waals surface area (Å²) in [6, 6.07) is 14.1. The summed E-state index contributed by atoms with van der Waals surface area (Å²) in [5.74, 6) is -0.394. The number of anilines is 1. The molecule has 0 saturated carbocycles. The van der Waals surface area contributed by atoms with E-state index in [1.165, 1.54) is 6.07 Å². The van der Waals surface area contributed by atoms with Gasteiger partial charge in [-0.1, -0.05) is 24.3 Å². The number of nitrogens with zero attached hydrogens (tertiary/aromatic N) is 2. The molecule has 0 saturated heterocycles. The highest BCUT2D eigenvalue weighted by Crippen LogP contribution is 2.28. The van der Waals surface area contributed by atoms with Gasteiger partial charge in [0.25, 0.3) is 0 Å². The van der Waals surface area contributed by atoms with E-state index in [2.05, 4.69) is 22.0 Å². The van der Waals surface area contributed by atoms with E-state index in [1.54, 1.807) is 24.3 Å². The van der Waals surface area contributed by atoms with E-state index < -0.39 is 5.82 Å². The molecule has 0 heterocycles. The van der Waals surface area contributed by atoms with Crippen LogP contribution < -0.4 is 4.90 Å². The van der Waals surface area contributed by atoms with E-state index in [-0.39, 0.29) is 0 Å². The number of hydrogen-bond acceptors (Lipinski definition) is 2. The Kier molecular flexibility index (Phi) is 4.77. The minimum atomic E-state index is -0.394. The summed E-state index contributed by atoms with van der Waals surface area (Å²) in [4.78, 5) is 1.99. The van der Waals surface area contributed by atoms with Crippen LogP contribution in [0.5, 0.6) is 0 Å². The topological polar surface area (TPSA) is 27.0 Å². The fourth-order valence-electron chi connectivity index (χ4n) is 1.99. The Hall–Kier alpha value is -2.12. The molecule has 0 aliphatic heterocycles. The smallest absolute Gasteiger partial charge is 0.131 e. The van der Waals surface area contributed by atoms with Gasteiger partial charge in [-0.3, -0.25) is 0 Å². The largest absolute Gasteiger partial charge is 0.377 e. The van der Waals surface area contributed by atoms with Gasteiger partial charge in [-0.15, -0.1) is 0 Å². The molecule has 0 aromatic heterocycles. The maximum atomic E-state index is 13.8. The Balaban J connectivity index is 2.45. The van der Waals surface area contributed by atoms with Gasteiger partial charge in [-0.2, -0.15) is 5.26 Å². The minimum absolute atomic E-state index is 0.303. The number of nitriles is 1. The Morgan fingerprint density at radius 3 is 2.52 bits per heavy atom. The molecular formula is C17H14BrFN2. The van der Waals surface area contributed by atoms with Crippen molar-refractivity contribution in [1.29, 1.82) is 5.26 Å². The Morgan fingerprint density at radius 1 is 1.24 bits per heavy atom. The Morgan fingerprint density at radius 2 is 1.95 bits per heavy atom. The zero-order valence-electron chi connectivity index (χ0n) is 11.8. The van der Waals surface area contributed by atoms with Gasteiger partial charge in [0.05, 0.1) is 17.3 Å². The first-order valence-corrected chi connectivity index (χ1v) is 7.16. The number of allylic oxidation sites excluding steroid dienone is 1. The highest BCUT2D eigenvalue weighted by atomic mass is 79.9. The third-order valence-corrected chi connectivity index (χ3v) is 3.68. The van der Waals surface area contributed by atoms with Crippen LogP contribution in [0.2, 0.25) is 0 Å². The minimum Gasteiger partial charge on any atom is -0.377 e. The lowest BCUT2D eigenvalue weighted by Gasteiger charge is -2.14. The van der Waals surface area contributed by atoms with Crippen molar-refractivity contribution in [2.24, 2.45) is 0 Å². The summed E-state index contributed by atoms with van der Waals surface area (Å²) >= 11 is 3.50.